The predicted molar refractivity (Wildman–Crippen MR) is 71.4 cm³/mol. The molecule has 0 amide bonds. The van der Waals surface area contributed by atoms with E-state index in [1.807, 2.05) is 0 Å². The number of phenols is 1. The number of thiophene rings is 1. The molecule has 2 rings (SSSR count). The molecule has 1 N–H and O–H groups in total. The van der Waals surface area contributed by atoms with Crippen molar-refractivity contribution in [3.63, 3.8) is 0 Å². The van der Waals surface area contributed by atoms with Crippen molar-refractivity contribution in [2.24, 2.45) is 0 Å². The molecule has 0 radical (unpaired) electrons. The molecule has 0 saturated carbocycles. The third-order valence-corrected chi connectivity index (χ3v) is 4.19. The number of phenolic OH excluding ortho intramolecular Hbond substituents is 1. The molecule has 2 aromatic rings. The van der Waals surface area contributed by atoms with E-state index in [1.54, 1.807) is 0 Å². The van der Waals surface area contributed by atoms with Gasteiger partial charge in [-0.05, 0) is 31.2 Å². The lowest BCUT2D eigenvalue weighted by Gasteiger charge is -2.19. The van der Waals surface area contributed by atoms with Gasteiger partial charge in [-0.1, -0.05) is 0 Å². The maximum absolute atomic E-state index is 13.2. The Labute approximate surface area is 130 Å². The molecule has 0 aliphatic carbocycles. The summed E-state index contributed by atoms with van der Waals surface area (Å²) in [5.74, 6) is -1.92. The van der Waals surface area contributed by atoms with E-state index in [2.05, 4.69) is 0 Å². The summed E-state index contributed by atoms with van der Waals surface area (Å²) in [5.41, 5.74) is -4.85. The minimum atomic E-state index is -5.38. The van der Waals surface area contributed by atoms with Crippen LogP contribution in [0, 0.1) is 0 Å². The summed E-state index contributed by atoms with van der Waals surface area (Å²) in [6, 6.07) is 3.69. The minimum Gasteiger partial charge on any atom is -0.507 e. The standard InChI is InChI=1S/C14H8F6O2S/c1-6(21)9-4-5-10(23-9)7-2-3-8(22)12(14(18,19)20)11(7)13(15,16)17/h2-5,22H,1H3. The minimum absolute atomic E-state index is 0.120. The van der Waals surface area contributed by atoms with Crippen molar-refractivity contribution in [3.8, 4) is 16.2 Å². The number of carbonyl (C=O) groups excluding carboxylic acids is 1. The molecule has 23 heavy (non-hydrogen) atoms. The Kier molecular flexibility index (Phi) is 4.18. The van der Waals surface area contributed by atoms with Gasteiger partial charge in [0.2, 0.25) is 0 Å². The molecule has 0 atom stereocenters. The predicted octanol–water partition coefficient (Wildman–Crippen LogP) is 5.36. The van der Waals surface area contributed by atoms with Gasteiger partial charge >= 0.3 is 12.4 Å². The number of hydrogen-bond donors (Lipinski definition) is 1. The normalized spacial score (nSPS) is 12.5. The van der Waals surface area contributed by atoms with Crippen LogP contribution >= 0.6 is 11.3 Å². The number of carbonyl (C=O) groups is 1. The smallest absolute Gasteiger partial charge is 0.420 e. The number of alkyl halides is 6. The highest BCUT2D eigenvalue weighted by molar-refractivity contribution is 7.17. The third kappa shape index (κ3) is 3.34. The van der Waals surface area contributed by atoms with Crippen LogP contribution in [0.3, 0.4) is 0 Å². The fourth-order valence-electron chi connectivity index (χ4n) is 2.05. The number of ketones is 1. The van der Waals surface area contributed by atoms with Gasteiger partial charge in [0, 0.05) is 10.4 Å². The van der Waals surface area contributed by atoms with Crippen molar-refractivity contribution in [3.05, 3.63) is 40.3 Å². The molecule has 1 aromatic carbocycles. The van der Waals surface area contributed by atoms with Crippen LogP contribution < -0.4 is 0 Å². The quantitative estimate of drug-likeness (QED) is 0.582. The first kappa shape index (κ1) is 17.3. The topological polar surface area (TPSA) is 37.3 Å². The van der Waals surface area contributed by atoms with Crippen molar-refractivity contribution in [2.75, 3.05) is 0 Å². The van der Waals surface area contributed by atoms with Crippen LogP contribution in [0.1, 0.15) is 27.7 Å². The Balaban J connectivity index is 2.81. The van der Waals surface area contributed by atoms with E-state index >= 15 is 0 Å². The number of halogens is 6. The second-order valence-corrected chi connectivity index (χ2v) is 5.68. The number of rotatable bonds is 2. The molecule has 124 valence electrons. The Bertz CT molecular complexity index is 758. The first-order valence-electron chi connectivity index (χ1n) is 6.04. The summed E-state index contributed by atoms with van der Waals surface area (Å²) >= 11 is 0.651. The molecule has 0 aliphatic rings. The van der Waals surface area contributed by atoms with Gasteiger partial charge in [0.25, 0.3) is 0 Å². The fourth-order valence-corrected chi connectivity index (χ4v) is 2.98. The van der Waals surface area contributed by atoms with Crippen molar-refractivity contribution in [1.29, 1.82) is 0 Å². The average molecular weight is 354 g/mol. The Morgan fingerprint density at radius 1 is 0.957 bits per heavy atom. The molecule has 0 unspecified atom stereocenters. The molecule has 0 bridgehead atoms. The lowest BCUT2D eigenvalue weighted by molar-refractivity contribution is -0.162. The molecular formula is C14H8F6O2S. The summed E-state index contributed by atoms with van der Waals surface area (Å²) in [6.07, 6.45) is -10.7. The molecule has 0 aliphatic heterocycles. The zero-order valence-corrected chi connectivity index (χ0v) is 12.2. The summed E-state index contributed by atoms with van der Waals surface area (Å²) in [5, 5.41) is 9.28. The highest BCUT2D eigenvalue weighted by Gasteiger charge is 2.47. The molecular weight excluding hydrogens is 346 g/mol. The van der Waals surface area contributed by atoms with Crippen molar-refractivity contribution in [1.82, 2.24) is 0 Å². The van der Waals surface area contributed by atoms with Gasteiger partial charge in [-0.15, -0.1) is 11.3 Å². The molecule has 9 heteroatoms. The highest BCUT2D eigenvalue weighted by atomic mass is 32.1. The molecule has 1 heterocycles. The monoisotopic (exact) mass is 354 g/mol. The number of aromatic hydroxyl groups is 1. The first-order valence-corrected chi connectivity index (χ1v) is 6.86. The summed E-state index contributed by atoms with van der Waals surface area (Å²) < 4.78 is 78.5. The van der Waals surface area contributed by atoms with Gasteiger partial charge in [0.05, 0.1) is 10.4 Å². The Hall–Kier alpha value is -2.03. The van der Waals surface area contributed by atoms with Crippen molar-refractivity contribution < 1.29 is 36.2 Å². The third-order valence-electron chi connectivity index (χ3n) is 2.97. The summed E-state index contributed by atoms with van der Waals surface area (Å²) in [7, 11) is 0. The molecule has 0 spiro atoms. The van der Waals surface area contributed by atoms with Crippen LogP contribution in [0.2, 0.25) is 0 Å². The second kappa shape index (κ2) is 5.55. The highest BCUT2D eigenvalue weighted by Crippen LogP contribution is 2.49. The van der Waals surface area contributed by atoms with Gasteiger partial charge in [-0.3, -0.25) is 4.79 Å². The van der Waals surface area contributed by atoms with Crippen LogP contribution in [-0.2, 0) is 12.4 Å². The van der Waals surface area contributed by atoms with Gasteiger partial charge in [0.1, 0.15) is 11.3 Å². The lowest BCUT2D eigenvalue weighted by atomic mass is 9.97. The Morgan fingerprint density at radius 3 is 1.96 bits per heavy atom. The van der Waals surface area contributed by atoms with Gasteiger partial charge in [-0.2, -0.15) is 26.3 Å². The van der Waals surface area contributed by atoms with Crippen LogP contribution in [-0.4, -0.2) is 10.9 Å². The van der Waals surface area contributed by atoms with E-state index in [4.69, 9.17) is 0 Å². The van der Waals surface area contributed by atoms with Crippen molar-refractivity contribution >= 4 is 17.1 Å². The van der Waals surface area contributed by atoms with Gasteiger partial charge in [-0.25, -0.2) is 0 Å². The number of benzene rings is 1. The maximum Gasteiger partial charge on any atom is 0.420 e. The number of hydrogen-bond acceptors (Lipinski definition) is 3. The van der Waals surface area contributed by atoms with Gasteiger partial charge < -0.3 is 5.11 Å². The first-order chi connectivity index (χ1) is 10.4. The zero-order valence-electron chi connectivity index (χ0n) is 11.3. The largest absolute Gasteiger partial charge is 0.507 e. The molecule has 1 aromatic heterocycles. The van der Waals surface area contributed by atoms with E-state index in [1.165, 1.54) is 13.0 Å². The van der Waals surface area contributed by atoms with E-state index in [-0.39, 0.29) is 9.75 Å². The SMILES string of the molecule is CC(=O)c1ccc(-c2ccc(O)c(C(F)(F)F)c2C(F)(F)F)s1. The molecule has 0 fully saturated rings. The fraction of sp³-hybridized carbons (Fsp3) is 0.214. The van der Waals surface area contributed by atoms with E-state index < -0.39 is 40.6 Å². The maximum atomic E-state index is 13.2. The second-order valence-electron chi connectivity index (χ2n) is 4.60. The van der Waals surface area contributed by atoms with Crippen LogP contribution in [0.4, 0.5) is 26.3 Å². The van der Waals surface area contributed by atoms with Crippen molar-refractivity contribution in [2.45, 2.75) is 19.3 Å². The molecule has 0 saturated heterocycles. The van der Waals surface area contributed by atoms with Gasteiger partial charge in [0.15, 0.2) is 5.78 Å². The Morgan fingerprint density at radius 2 is 1.52 bits per heavy atom. The van der Waals surface area contributed by atoms with Crippen LogP contribution in [0.15, 0.2) is 24.3 Å². The van der Waals surface area contributed by atoms with Crippen LogP contribution in [0.5, 0.6) is 5.75 Å². The van der Waals surface area contributed by atoms with Crippen LogP contribution in [0.25, 0.3) is 10.4 Å². The molecule has 2 nitrogen and oxygen atoms in total. The summed E-state index contributed by atoms with van der Waals surface area (Å²) in [6.45, 7) is 1.19. The number of Topliss-reactive ketones (excluding diaryl/α,β-unsaturated/α-hetero) is 1. The lowest BCUT2D eigenvalue weighted by Crippen LogP contribution is -2.18. The average Bonchev–Trinajstić information content (AvgIpc) is 2.85. The van der Waals surface area contributed by atoms with E-state index in [0.717, 1.165) is 12.1 Å². The van der Waals surface area contributed by atoms with E-state index in [0.29, 0.717) is 17.4 Å². The zero-order chi connectivity index (χ0) is 17.6. The summed E-state index contributed by atoms with van der Waals surface area (Å²) in [4.78, 5) is 11.2. The van der Waals surface area contributed by atoms with E-state index in [9.17, 15) is 36.2 Å².